The van der Waals surface area contributed by atoms with Crippen LogP contribution in [0.25, 0.3) is 0 Å². The molecule has 18 heavy (non-hydrogen) atoms. The molecule has 100 valence electrons. The van der Waals surface area contributed by atoms with E-state index in [2.05, 4.69) is 6.92 Å². The van der Waals surface area contributed by atoms with Gasteiger partial charge in [0.25, 0.3) is 0 Å². The van der Waals surface area contributed by atoms with Gasteiger partial charge in [0, 0.05) is 17.7 Å². The third-order valence-electron chi connectivity index (χ3n) is 3.72. The number of hydrogen-bond acceptors (Lipinski definition) is 2. The van der Waals surface area contributed by atoms with Crippen LogP contribution in [0.15, 0.2) is 18.2 Å². The van der Waals surface area contributed by atoms with Crippen LogP contribution in [-0.4, -0.2) is 6.10 Å². The number of nitrogens with two attached hydrogens (primary N) is 1. The molecule has 1 aromatic rings. The SMILES string of the molecule is CC1CCC(Oc2cc(F)ccc2C(C)N)CC1. The number of ether oxygens (including phenoxy) is 1. The maximum Gasteiger partial charge on any atom is 0.127 e. The molecule has 2 nitrogen and oxygen atoms in total. The van der Waals surface area contributed by atoms with Gasteiger partial charge in [-0.15, -0.1) is 0 Å². The van der Waals surface area contributed by atoms with Gasteiger partial charge in [-0.2, -0.15) is 0 Å². The molecule has 2 rings (SSSR count). The largest absolute Gasteiger partial charge is 0.490 e. The third-order valence-corrected chi connectivity index (χ3v) is 3.72. The van der Waals surface area contributed by atoms with Gasteiger partial charge >= 0.3 is 0 Å². The molecule has 0 radical (unpaired) electrons. The Labute approximate surface area is 108 Å². The van der Waals surface area contributed by atoms with E-state index in [0.29, 0.717) is 5.75 Å². The van der Waals surface area contributed by atoms with Crippen LogP contribution in [0, 0.1) is 11.7 Å². The predicted octanol–water partition coefficient (Wildman–Crippen LogP) is 3.80. The van der Waals surface area contributed by atoms with Crippen molar-refractivity contribution in [1.82, 2.24) is 0 Å². The summed E-state index contributed by atoms with van der Waals surface area (Å²) in [6.45, 7) is 4.16. The lowest BCUT2D eigenvalue weighted by atomic mass is 9.89. The van der Waals surface area contributed by atoms with Crippen molar-refractivity contribution in [2.24, 2.45) is 11.7 Å². The summed E-state index contributed by atoms with van der Waals surface area (Å²) in [5.74, 6) is 1.13. The minimum atomic E-state index is -0.265. The van der Waals surface area contributed by atoms with Gasteiger partial charge < -0.3 is 10.5 Å². The molecule has 0 heterocycles. The average Bonchev–Trinajstić information content (AvgIpc) is 2.32. The van der Waals surface area contributed by atoms with Gasteiger partial charge in [0.2, 0.25) is 0 Å². The molecule has 0 aromatic heterocycles. The normalized spacial score (nSPS) is 25.8. The van der Waals surface area contributed by atoms with Crippen LogP contribution in [-0.2, 0) is 0 Å². The Morgan fingerprint density at radius 2 is 1.94 bits per heavy atom. The highest BCUT2D eigenvalue weighted by molar-refractivity contribution is 5.36. The van der Waals surface area contributed by atoms with Crippen molar-refractivity contribution >= 4 is 0 Å². The van der Waals surface area contributed by atoms with E-state index >= 15 is 0 Å². The molecule has 0 saturated heterocycles. The van der Waals surface area contributed by atoms with Gasteiger partial charge in [0.1, 0.15) is 11.6 Å². The minimum Gasteiger partial charge on any atom is -0.490 e. The molecule has 0 spiro atoms. The van der Waals surface area contributed by atoms with E-state index in [1.807, 2.05) is 6.92 Å². The Morgan fingerprint density at radius 1 is 1.28 bits per heavy atom. The van der Waals surface area contributed by atoms with Crippen molar-refractivity contribution in [3.8, 4) is 5.75 Å². The highest BCUT2D eigenvalue weighted by Gasteiger charge is 2.21. The Morgan fingerprint density at radius 3 is 2.56 bits per heavy atom. The Balaban J connectivity index is 2.10. The lowest BCUT2D eigenvalue weighted by molar-refractivity contribution is 0.133. The van der Waals surface area contributed by atoms with Crippen molar-refractivity contribution < 1.29 is 9.13 Å². The maximum absolute atomic E-state index is 13.3. The van der Waals surface area contributed by atoms with E-state index < -0.39 is 0 Å². The summed E-state index contributed by atoms with van der Waals surface area (Å²) in [5.41, 5.74) is 6.77. The van der Waals surface area contributed by atoms with Crippen LogP contribution in [0.2, 0.25) is 0 Å². The summed E-state index contributed by atoms with van der Waals surface area (Å²) < 4.78 is 19.3. The zero-order valence-corrected chi connectivity index (χ0v) is 11.2. The molecular formula is C15H22FNO. The van der Waals surface area contributed by atoms with Gasteiger partial charge in [0.05, 0.1) is 6.10 Å². The van der Waals surface area contributed by atoms with Crippen LogP contribution in [0.5, 0.6) is 5.75 Å². The van der Waals surface area contributed by atoms with Crippen molar-refractivity contribution in [1.29, 1.82) is 0 Å². The molecule has 3 heteroatoms. The average molecular weight is 251 g/mol. The fourth-order valence-electron chi connectivity index (χ4n) is 2.51. The molecule has 0 amide bonds. The first kappa shape index (κ1) is 13.3. The standard InChI is InChI=1S/C15H22FNO/c1-10-3-6-13(7-4-10)18-15-9-12(16)5-8-14(15)11(2)17/h5,8-11,13H,3-4,6-7,17H2,1-2H3. The number of halogens is 1. The highest BCUT2D eigenvalue weighted by atomic mass is 19.1. The van der Waals surface area contributed by atoms with Gasteiger partial charge in [0.15, 0.2) is 0 Å². The fraction of sp³-hybridized carbons (Fsp3) is 0.600. The van der Waals surface area contributed by atoms with Crippen molar-refractivity contribution in [2.75, 3.05) is 0 Å². The first-order valence-corrected chi connectivity index (χ1v) is 6.78. The second-order valence-electron chi connectivity index (χ2n) is 5.47. The Hall–Kier alpha value is -1.09. The second kappa shape index (κ2) is 5.70. The van der Waals surface area contributed by atoms with Crippen LogP contribution in [0.4, 0.5) is 4.39 Å². The molecule has 1 atom stereocenters. The number of benzene rings is 1. The van der Waals surface area contributed by atoms with Crippen LogP contribution in [0.3, 0.4) is 0 Å². The van der Waals surface area contributed by atoms with Gasteiger partial charge in [-0.25, -0.2) is 4.39 Å². The molecule has 1 fully saturated rings. The maximum atomic E-state index is 13.3. The molecule has 1 aliphatic rings. The molecule has 1 aromatic carbocycles. The van der Waals surface area contributed by atoms with E-state index in [4.69, 9.17) is 10.5 Å². The molecule has 1 aliphatic carbocycles. The molecule has 1 saturated carbocycles. The van der Waals surface area contributed by atoms with Crippen molar-refractivity contribution in [3.63, 3.8) is 0 Å². The van der Waals surface area contributed by atoms with E-state index in [0.717, 1.165) is 24.3 Å². The molecular weight excluding hydrogens is 229 g/mol. The molecule has 2 N–H and O–H groups in total. The first-order chi connectivity index (χ1) is 8.56. The lowest BCUT2D eigenvalue weighted by Gasteiger charge is -2.28. The number of hydrogen-bond donors (Lipinski definition) is 1. The van der Waals surface area contributed by atoms with Gasteiger partial charge in [-0.05, 0) is 44.6 Å². The summed E-state index contributed by atoms with van der Waals surface area (Å²) in [7, 11) is 0. The van der Waals surface area contributed by atoms with E-state index in [-0.39, 0.29) is 18.0 Å². The Bertz CT molecular complexity index is 397. The minimum absolute atomic E-state index is 0.136. The zero-order chi connectivity index (χ0) is 13.1. The zero-order valence-electron chi connectivity index (χ0n) is 11.2. The monoisotopic (exact) mass is 251 g/mol. The molecule has 1 unspecified atom stereocenters. The smallest absolute Gasteiger partial charge is 0.127 e. The fourth-order valence-corrected chi connectivity index (χ4v) is 2.51. The van der Waals surface area contributed by atoms with Crippen LogP contribution >= 0.6 is 0 Å². The number of rotatable bonds is 3. The summed E-state index contributed by atoms with van der Waals surface area (Å²) >= 11 is 0. The highest BCUT2D eigenvalue weighted by Crippen LogP contribution is 2.31. The second-order valence-corrected chi connectivity index (χ2v) is 5.47. The van der Waals surface area contributed by atoms with Crippen LogP contribution < -0.4 is 10.5 Å². The lowest BCUT2D eigenvalue weighted by Crippen LogP contribution is -2.24. The van der Waals surface area contributed by atoms with Gasteiger partial charge in [-0.3, -0.25) is 0 Å². The van der Waals surface area contributed by atoms with E-state index in [1.54, 1.807) is 6.07 Å². The third kappa shape index (κ3) is 3.22. The summed E-state index contributed by atoms with van der Waals surface area (Å²) in [5, 5.41) is 0. The van der Waals surface area contributed by atoms with E-state index in [1.165, 1.54) is 25.0 Å². The van der Waals surface area contributed by atoms with E-state index in [9.17, 15) is 4.39 Å². The predicted molar refractivity (Wildman–Crippen MR) is 71.1 cm³/mol. The molecule has 0 bridgehead atoms. The van der Waals surface area contributed by atoms with Crippen molar-refractivity contribution in [2.45, 2.75) is 51.7 Å². The summed E-state index contributed by atoms with van der Waals surface area (Å²) in [4.78, 5) is 0. The van der Waals surface area contributed by atoms with Crippen molar-refractivity contribution in [3.05, 3.63) is 29.6 Å². The summed E-state index contributed by atoms with van der Waals surface area (Å²) in [6, 6.07) is 4.48. The molecule has 0 aliphatic heterocycles. The first-order valence-electron chi connectivity index (χ1n) is 6.78. The topological polar surface area (TPSA) is 35.2 Å². The summed E-state index contributed by atoms with van der Waals surface area (Å²) in [6.07, 6.45) is 4.69. The van der Waals surface area contributed by atoms with Crippen LogP contribution in [0.1, 0.15) is 51.1 Å². The Kier molecular flexibility index (Phi) is 4.23. The van der Waals surface area contributed by atoms with Gasteiger partial charge in [-0.1, -0.05) is 13.0 Å². The quantitative estimate of drug-likeness (QED) is 0.886.